The highest BCUT2D eigenvalue weighted by Gasteiger charge is 2.31. The van der Waals surface area contributed by atoms with Crippen LogP contribution >= 0.6 is 15.9 Å². The van der Waals surface area contributed by atoms with Crippen LogP contribution < -0.4 is 4.90 Å². The minimum atomic E-state index is 0.0888. The maximum Gasteiger partial charge on any atom is 0.0692 e. The van der Waals surface area contributed by atoms with Gasteiger partial charge in [-0.15, -0.1) is 0 Å². The summed E-state index contributed by atoms with van der Waals surface area (Å²) in [6.45, 7) is 9.33. The van der Waals surface area contributed by atoms with Crippen LogP contribution in [0.15, 0.2) is 22.7 Å². The largest absolute Gasteiger partial charge is 0.392 e. The third kappa shape index (κ3) is 2.89. The molecule has 0 aromatic heterocycles. The molecule has 0 bridgehead atoms. The summed E-state index contributed by atoms with van der Waals surface area (Å²) in [4.78, 5) is 2.45. The van der Waals surface area contributed by atoms with Crippen LogP contribution in [0, 0.1) is 11.3 Å². The van der Waals surface area contributed by atoms with Crippen LogP contribution in [0.25, 0.3) is 0 Å². The summed E-state index contributed by atoms with van der Waals surface area (Å²) in [6.07, 6.45) is 1.27. The van der Waals surface area contributed by atoms with Gasteiger partial charge in [0.15, 0.2) is 0 Å². The molecule has 1 heterocycles. The molecule has 1 N–H and O–H groups in total. The molecule has 1 aliphatic heterocycles. The predicted octanol–water partition coefficient (Wildman–Crippen LogP) is 3.81. The number of aliphatic hydroxyl groups excluding tert-OH is 1. The minimum absolute atomic E-state index is 0.0888. The second-order valence-electron chi connectivity index (χ2n) is 6.23. The number of halogens is 1. The first kappa shape index (κ1) is 13.9. The fourth-order valence-electron chi connectivity index (χ4n) is 2.56. The lowest BCUT2D eigenvalue weighted by atomic mass is 9.80. The Hall–Kier alpha value is -0.540. The molecule has 1 aromatic carbocycles. The molecule has 1 saturated heterocycles. The lowest BCUT2D eigenvalue weighted by Gasteiger charge is -2.27. The summed E-state index contributed by atoms with van der Waals surface area (Å²) in [5.74, 6) is 0.758. The summed E-state index contributed by atoms with van der Waals surface area (Å²) < 4.78 is 1.00. The van der Waals surface area contributed by atoms with Crippen LogP contribution in [-0.2, 0) is 6.61 Å². The second-order valence-corrected chi connectivity index (χ2v) is 7.09. The van der Waals surface area contributed by atoms with Crippen molar-refractivity contribution in [2.75, 3.05) is 18.0 Å². The smallest absolute Gasteiger partial charge is 0.0692 e. The third-order valence-corrected chi connectivity index (χ3v) is 4.72. The van der Waals surface area contributed by atoms with Gasteiger partial charge in [0.05, 0.1) is 6.61 Å². The molecule has 3 heteroatoms. The van der Waals surface area contributed by atoms with E-state index >= 15 is 0 Å². The molecule has 18 heavy (non-hydrogen) atoms. The van der Waals surface area contributed by atoms with E-state index in [-0.39, 0.29) is 6.61 Å². The van der Waals surface area contributed by atoms with E-state index < -0.39 is 0 Å². The average molecular weight is 312 g/mol. The van der Waals surface area contributed by atoms with Gasteiger partial charge in [-0.2, -0.15) is 0 Å². The highest BCUT2D eigenvalue weighted by atomic mass is 79.9. The first-order valence-electron chi connectivity index (χ1n) is 6.56. The van der Waals surface area contributed by atoms with Crippen LogP contribution in [-0.4, -0.2) is 18.2 Å². The van der Waals surface area contributed by atoms with Crippen LogP contribution in [0.1, 0.15) is 32.8 Å². The Morgan fingerprint density at radius 2 is 2.11 bits per heavy atom. The average Bonchev–Trinajstić information content (AvgIpc) is 2.77. The maximum atomic E-state index is 9.18. The summed E-state index contributed by atoms with van der Waals surface area (Å²) in [7, 11) is 0. The van der Waals surface area contributed by atoms with Crippen molar-refractivity contribution >= 4 is 21.6 Å². The zero-order valence-corrected chi connectivity index (χ0v) is 13.0. The van der Waals surface area contributed by atoms with E-state index in [1.165, 1.54) is 12.1 Å². The normalized spacial score (nSPS) is 20.5. The van der Waals surface area contributed by atoms with Crippen molar-refractivity contribution in [2.24, 2.45) is 11.3 Å². The van der Waals surface area contributed by atoms with Crippen molar-refractivity contribution in [2.45, 2.75) is 33.8 Å². The summed E-state index contributed by atoms with van der Waals surface area (Å²) in [6, 6.07) is 6.24. The highest BCUT2D eigenvalue weighted by Crippen LogP contribution is 2.36. The summed E-state index contributed by atoms with van der Waals surface area (Å²) in [5.41, 5.74) is 2.59. The first-order chi connectivity index (χ1) is 8.41. The molecular weight excluding hydrogens is 290 g/mol. The van der Waals surface area contributed by atoms with Gasteiger partial charge in [0.25, 0.3) is 0 Å². The van der Waals surface area contributed by atoms with E-state index in [0.717, 1.165) is 29.0 Å². The molecule has 0 saturated carbocycles. The number of hydrogen-bond acceptors (Lipinski definition) is 2. The van der Waals surface area contributed by atoms with E-state index in [1.54, 1.807) is 0 Å². The SMILES string of the molecule is CC(C)(C)C1CCN(c2ccc(CO)c(Br)c2)C1. The Kier molecular flexibility index (Phi) is 4.02. The molecule has 2 rings (SSSR count). The van der Waals surface area contributed by atoms with E-state index in [1.807, 2.05) is 6.07 Å². The van der Waals surface area contributed by atoms with Gasteiger partial charge in [0.2, 0.25) is 0 Å². The van der Waals surface area contributed by atoms with Gasteiger partial charge in [0.1, 0.15) is 0 Å². The fourth-order valence-corrected chi connectivity index (χ4v) is 3.05. The molecular formula is C15H22BrNO. The van der Waals surface area contributed by atoms with Crippen molar-refractivity contribution in [3.8, 4) is 0 Å². The molecule has 0 spiro atoms. The molecule has 1 aromatic rings. The molecule has 1 fully saturated rings. The van der Waals surface area contributed by atoms with E-state index in [2.05, 4.69) is 53.7 Å². The summed E-state index contributed by atoms with van der Waals surface area (Å²) >= 11 is 3.52. The molecule has 0 amide bonds. The lowest BCUT2D eigenvalue weighted by Crippen LogP contribution is -2.25. The van der Waals surface area contributed by atoms with Crippen molar-refractivity contribution in [1.29, 1.82) is 0 Å². The highest BCUT2D eigenvalue weighted by molar-refractivity contribution is 9.10. The predicted molar refractivity (Wildman–Crippen MR) is 79.8 cm³/mol. The molecule has 1 unspecified atom stereocenters. The van der Waals surface area contributed by atoms with Gasteiger partial charge in [0, 0.05) is 23.2 Å². The van der Waals surface area contributed by atoms with E-state index in [4.69, 9.17) is 0 Å². The van der Waals surface area contributed by atoms with Crippen molar-refractivity contribution in [3.05, 3.63) is 28.2 Å². The van der Waals surface area contributed by atoms with Crippen molar-refractivity contribution < 1.29 is 5.11 Å². The van der Waals surface area contributed by atoms with Crippen LogP contribution in [0.5, 0.6) is 0 Å². The van der Waals surface area contributed by atoms with E-state index in [0.29, 0.717) is 5.41 Å². The number of rotatable bonds is 2. The van der Waals surface area contributed by atoms with E-state index in [9.17, 15) is 5.11 Å². The Morgan fingerprint density at radius 1 is 1.39 bits per heavy atom. The second kappa shape index (κ2) is 5.22. The third-order valence-electron chi connectivity index (χ3n) is 3.99. The number of nitrogens with zero attached hydrogens (tertiary/aromatic N) is 1. The Morgan fingerprint density at radius 3 is 2.61 bits per heavy atom. The molecule has 100 valence electrons. The maximum absolute atomic E-state index is 9.18. The van der Waals surface area contributed by atoms with Crippen LogP contribution in [0.3, 0.4) is 0 Å². The number of anilines is 1. The first-order valence-corrected chi connectivity index (χ1v) is 7.35. The van der Waals surface area contributed by atoms with Gasteiger partial charge < -0.3 is 10.0 Å². The van der Waals surface area contributed by atoms with Crippen LogP contribution in [0.4, 0.5) is 5.69 Å². The quantitative estimate of drug-likeness (QED) is 0.897. The standard InChI is InChI=1S/C15H22BrNO/c1-15(2,3)12-6-7-17(9-12)13-5-4-11(10-18)14(16)8-13/h4-5,8,12,18H,6-7,9-10H2,1-3H3. The van der Waals surface area contributed by atoms with Gasteiger partial charge in [-0.1, -0.05) is 42.8 Å². The molecule has 1 aliphatic rings. The van der Waals surface area contributed by atoms with Gasteiger partial charge in [-0.05, 0) is 35.4 Å². The molecule has 2 nitrogen and oxygen atoms in total. The zero-order valence-electron chi connectivity index (χ0n) is 11.4. The topological polar surface area (TPSA) is 23.5 Å². The monoisotopic (exact) mass is 311 g/mol. The van der Waals surface area contributed by atoms with Crippen molar-refractivity contribution in [3.63, 3.8) is 0 Å². The lowest BCUT2D eigenvalue weighted by molar-refractivity contribution is 0.263. The van der Waals surface area contributed by atoms with Gasteiger partial charge in [-0.3, -0.25) is 0 Å². The molecule has 0 aliphatic carbocycles. The Balaban J connectivity index is 2.12. The van der Waals surface area contributed by atoms with Crippen molar-refractivity contribution in [1.82, 2.24) is 0 Å². The van der Waals surface area contributed by atoms with Gasteiger partial charge >= 0.3 is 0 Å². The van der Waals surface area contributed by atoms with Crippen LogP contribution in [0.2, 0.25) is 0 Å². The minimum Gasteiger partial charge on any atom is -0.392 e. The number of hydrogen-bond donors (Lipinski definition) is 1. The van der Waals surface area contributed by atoms with Gasteiger partial charge in [-0.25, -0.2) is 0 Å². The Labute approximate surface area is 118 Å². The fraction of sp³-hybridized carbons (Fsp3) is 0.600. The summed E-state index contributed by atoms with van der Waals surface area (Å²) in [5, 5.41) is 9.18. The molecule has 0 radical (unpaired) electrons. The molecule has 1 atom stereocenters. The zero-order chi connectivity index (χ0) is 13.3. The number of aliphatic hydroxyl groups is 1. The Bertz CT molecular complexity index is 425. The number of benzene rings is 1.